The van der Waals surface area contributed by atoms with E-state index in [9.17, 15) is 4.79 Å². The van der Waals surface area contributed by atoms with Crippen LogP contribution < -0.4 is 10.4 Å². The van der Waals surface area contributed by atoms with Crippen LogP contribution in [0.2, 0.25) is 0 Å². The van der Waals surface area contributed by atoms with Gasteiger partial charge in [0.05, 0.1) is 5.57 Å². The van der Waals surface area contributed by atoms with Crippen LogP contribution in [-0.2, 0) is 4.79 Å². The first-order valence-corrected chi connectivity index (χ1v) is 5.27. The van der Waals surface area contributed by atoms with Gasteiger partial charge in [-0.25, -0.2) is 0 Å². The smallest absolute Gasteiger partial charge is 0.323 e. The summed E-state index contributed by atoms with van der Waals surface area (Å²) in [5.74, 6) is 0. The number of nitrogens with zero attached hydrogens (tertiary/aromatic N) is 2. The average Bonchev–Trinajstić information content (AvgIpc) is 2.72. The van der Waals surface area contributed by atoms with Gasteiger partial charge in [0.15, 0.2) is 6.29 Å². The maximum absolute atomic E-state index is 11.2. The van der Waals surface area contributed by atoms with Crippen molar-refractivity contribution in [2.75, 3.05) is 0 Å². The summed E-state index contributed by atoms with van der Waals surface area (Å²) in [5.41, 5.74) is 11.8. The van der Waals surface area contributed by atoms with Crippen LogP contribution in [0.15, 0.2) is 48.1 Å². The molecule has 0 spiro atoms. The van der Waals surface area contributed by atoms with Gasteiger partial charge in [-0.2, -0.15) is 4.79 Å². The highest BCUT2D eigenvalue weighted by molar-refractivity contribution is 6.35. The monoisotopic (exact) mass is 220 g/mol. The molecule has 0 saturated carbocycles. The zero-order valence-electron chi connectivity index (χ0n) is 8.92. The van der Waals surface area contributed by atoms with E-state index in [4.69, 9.17) is 5.53 Å². The second kappa shape index (κ2) is 3.51. The Balaban J connectivity index is 2.57. The number of rotatable bonds is 1. The number of benzene rings is 1. The summed E-state index contributed by atoms with van der Waals surface area (Å²) in [6.45, 7) is 0. The molecule has 0 heterocycles. The molecule has 0 saturated heterocycles. The Hall–Kier alpha value is -2.51. The Labute approximate surface area is 97.3 Å². The molecular formula is C14H8N2O. The van der Waals surface area contributed by atoms with E-state index in [1.54, 1.807) is 12.2 Å². The molecule has 17 heavy (non-hydrogen) atoms. The molecule has 0 radical (unpaired) electrons. The first-order chi connectivity index (χ1) is 8.36. The summed E-state index contributed by atoms with van der Waals surface area (Å²) in [6, 6.07) is 7.63. The van der Waals surface area contributed by atoms with Gasteiger partial charge in [0, 0.05) is 17.2 Å². The standard InChI is InChI=1S/C14H8N2O/c15-16-13-7-3-6-11-12(8-17)9-4-1-2-5-10(9)14(11)13/h1-8H. The van der Waals surface area contributed by atoms with E-state index in [0.717, 1.165) is 27.9 Å². The molecule has 0 amide bonds. The van der Waals surface area contributed by atoms with Crippen molar-refractivity contribution in [2.45, 2.75) is 0 Å². The summed E-state index contributed by atoms with van der Waals surface area (Å²) in [5, 5.41) is 1.84. The SMILES string of the molecule is [N-]=[N+]=C1C=CC=C2C(C=O)=c3ccccc3=C21. The van der Waals surface area contributed by atoms with Crippen LogP contribution in [0.4, 0.5) is 0 Å². The fourth-order valence-electron chi connectivity index (χ4n) is 2.34. The molecular weight excluding hydrogens is 212 g/mol. The van der Waals surface area contributed by atoms with E-state index >= 15 is 0 Å². The number of allylic oxidation sites excluding steroid dienone is 4. The zero-order chi connectivity index (χ0) is 11.8. The lowest BCUT2D eigenvalue weighted by Gasteiger charge is -2.04. The number of hydrogen-bond donors (Lipinski definition) is 0. The quantitative estimate of drug-likeness (QED) is 0.383. The molecule has 0 aromatic heterocycles. The number of hydrogen-bond acceptors (Lipinski definition) is 1. The Kier molecular flexibility index (Phi) is 2.00. The number of aldehydes is 1. The molecule has 1 aromatic rings. The van der Waals surface area contributed by atoms with E-state index in [1.165, 1.54) is 0 Å². The fourth-order valence-corrected chi connectivity index (χ4v) is 2.34. The number of carbonyl (C=O) groups excluding carboxylic acids is 1. The topological polar surface area (TPSA) is 53.5 Å². The fraction of sp³-hybridized carbons (Fsp3) is 0. The van der Waals surface area contributed by atoms with Crippen molar-refractivity contribution < 1.29 is 9.58 Å². The lowest BCUT2D eigenvalue weighted by molar-refractivity contribution is -0.103. The lowest BCUT2D eigenvalue weighted by atomic mass is 9.94. The van der Waals surface area contributed by atoms with Gasteiger partial charge < -0.3 is 5.53 Å². The Morgan fingerprint density at radius 2 is 1.94 bits per heavy atom. The van der Waals surface area contributed by atoms with E-state index < -0.39 is 0 Å². The summed E-state index contributed by atoms with van der Waals surface area (Å²) in [7, 11) is 0. The molecule has 0 atom stereocenters. The minimum absolute atomic E-state index is 0.492. The molecule has 0 fully saturated rings. The molecule has 3 nitrogen and oxygen atoms in total. The van der Waals surface area contributed by atoms with E-state index in [-0.39, 0.29) is 0 Å². The van der Waals surface area contributed by atoms with Gasteiger partial charge in [-0.05, 0) is 10.4 Å². The molecule has 80 valence electrons. The molecule has 0 aliphatic heterocycles. The van der Waals surface area contributed by atoms with Crippen LogP contribution >= 0.6 is 0 Å². The normalized spacial score (nSPS) is 16.2. The van der Waals surface area contributed by atoms with E-state index in [0.29, 0.717) is 11.3 Å². The summed E-state index contributed by atoms with van der Waals surface area (Å²) in [4.78, 5) is 14.5. The molecule has 2 aliphatic rings. The van der Waals surface area contributed by atoms with Crippen LogP contribution in [0, 0.1) is 0 Å². The summed E-state index contributed by atoms with van der Waals surface area (Å²) >= 11 is 0. The molecule has 3 heteroatoms. The lowest BCUT2D eigenvalue weighted by Crippen LogP contribution is -2.25. The Morgan fingerprint density at radius 1 is 1.18 bits per heavy atom. The third-order valence-corrected chi connectivity index (χ3v) is 3.04. The van der Waals surface area contributed by atoms with Crippen LogP contribution in [0.25, 0.3) is 16.7 Å². The van der Waals surface area contributed by atoms with Crippen molar-refractivity contribution in [1.29, 1.82) is 0 Å². The summed E-state index contributed by atoms with van der Waals surface area (Å²) in [6.07, 6.45) is 6.23. The van der Waals surface area contributed by atoms with Crippen molar-refractivity contribution in [3.05, 3.63) is 64.0 Å². The first kappa shape index (κ1) is 9.70. The van der Waals surface area contributed by atoms with Gasteiger partial charge in [-0.1, -0.05) is 36.4 Å². The highest BCUT2D eigenvalue weighted by Crippen LogP contribution is 2.25. The maximum Gasteiger partial charge on any atom is 0.323 e. The van der Waals surface area contributed by atoms with Crippen LogP contribution in [0.3, 0.4) is 0 Å². The first-order valence-electron chi connectivity index (χ1n) is 5.27. The van der Waals surface area contributed by atoms with Gasteiger partial charge in [-0.15, -0.1) is 0 Å². The zero-order valence-corrected chi connectivity index (χ0v) is 8.92. The Morgan fingerprint density at radius 3 is 2.65 bits per heavy atom. The van der Waals surface area contributed by atoms with Gasteiger partial charge in [-0.3, -0.25) is 4.79 Å². The van der Waals surface area contributed by atoms with Crippen molar-refractivity contribution in [1.82, 2.24) is 0 Å². The van der Waals surface area contributed by atoms with Crippen LogP contribution in [0.5, 0.6) is 0 Å². The minimum atomic E-state index is 0.492. The predicted molar refractivity (Wildman–Crippen MR) is 64.4 cm³/mol. The van der Waals surface area contributed by atoms with Crippen molar-refractivity contribution in [3.8, 4) is 0 Å². The van der Waals surface area contributed by atoms with Gasteiger partial charge >= 0.3 is 5.71 Å². The minimum Gasteiger partial charge on any atom is -0.361 e. The maximum atomic E-state index is 11.2. The Bertz CT molecular complexity index is 760. The molecule has 0 bridgehead atoms. The molecule has 3 rings (SSSR count). The molecule has 2 aliphatic carbocycles. The molecule has 0 N–H and O–H groups in total. The van der Waals surface area contributed by atoms with Crippen molar-refractivity contribution in [3.63, 3.8) is 0 Å². The second-order valence-corrected chi connectivity index (χ2v) is 3.88. The van der Waals surface area contributed by atoms with E-state index in [1.807, 2.05) is 30.3 Å². The van der Waals surface area contributed by atoms with Gasteiger partial charge in [0.25, 0.3) is 0 Å². The number of fused-ring (bicyclic) bond motifs is 2. The number of carbonyl (C=O) groups is 1. The highest BCUT2D eigenvalue weighted by Gasteiger charge is 2.27. The second-order valence-electron chi connectivity index (χ2n) is 3.88. The van der Waals surface area contributed by atoms with Crippen molar-refractivity contribution in [2.24, 2.45) is 0 Å². The van der Waals surface area contributed by atoms with Gasteiger partial charge in [0.1, 0.15) is 0 Å². The predicted octanol–water partition coefficient (Wildman–Crippen LogP) is 0.367. The van der Waals surface area contributed by atoms with E-state index in [2.05, 4.69) is 4.79 Å². The van der Waals surface area contributed by atoms with Crippen LogP contribution in [0.1, 0.15) is 0 Å². The van der Waals surface area contributed by atoms with Crippen molar-refractivity contribution >= 4 is 23.1 Å². The highest BCUT2D eigenvalue weighted by atomic mass is 16.1. The third-order valence-electron chi connectivity index (χ3n) is 3.04. The largest absolute Gasteiger partial charge is 0.361 e. The average molecular weight is 220 g/mol. The van der Waals surface area contributed by atoms with Gasteiger partial charge in [0.2, 0.25) is 0 Å². The molecule has 0 unspecified atom stereocenters. The molecule has 1 aromatic carbocycles. The summed E-state index contributed by atoms with van der Waals surface area (Å²) < 4.78 is 0. The third kappa shape index (κ3) is 1.20. The van der Waals surface area contributed by atoms with Crippen LogP contribution in [-0.4, -0.2) is 16.8 Å².